The van der Waals surface area contributed by atoms with Crippen LogP contribution in [-0.4, -0.2) is 21.2 Å². The van der Waals surface area contributed by atoms with Crippen LogP contribution in [0, 0.1) is 17.1 Å². The van der Waals surface area contributed by atoms with E-state index in [1.807, 2.05) is 71.4 Å². The molecule has 0 spiro atoms. The Morgan fingerprint density at radius 2 is 1.33 bits per heavy atom. The van der Waals surface area contributed by atoms with Gasteiger partial charge in [-0.2, -0.15) is 5.26 Å². The number of ether oxygens (including phenoxy) is 1. The zero-order valence-electron chi connectivity index (χ0n) is 24.6. The zero-order chi connectivity index (χ0) is 30.7. The fraction of sp³-hybridized carbons (Fsp3) is 0.194. The van der Waals surface area contributed by atoms with Gasteiger partial charge in [-0.15, -0.1) is 0 Å². The number of hydrogen-bond acceptors (Lipinski definition) is 4. The third kappa shape index (κ3) is 5.64. The summed E-state index contributed by atoms with van der Waals surface area (Å²) >= 11 is 0. The average Bonchev–Trinajstić information content (AvgIpc) is 3.49. The van der Waals surface area contributed by atoms with Gasteiger partial charge in [0.05, 0.1) is 17.6 Å². The lowest BCUT2D eigenvalue weighted by atomic mass is 9.76. The molecule has 4 aromatic carbocycles. The van der Waals surface area contributed by atoms with E-state index in [4.69, 9.17) is 9.72 Å². The van der Waals surface area contributed by atoms with Crippen LogP contribution in [0.4, 0.5) is 9.18 Å². The van der Waals surface area contributed by atoms with Crippen LogP contribution in [0.3, 0.4) is 0 Å². The molecule has 0 fully saturated rings. The normalized spacial score (nSPS) is 13.0. The second-order valence-corrected chi connectivity index (χ2v) is 11.5. The zero-order valence-corrected chi connectivity index (χ0v) is 24.6. The summed E-state index contributed by atoms with van der Waals surface area (Å²) in [5, 5.41) is 12.3. The van der Waals surface area contributed by atoms with E-state index >= 15 is 0 Å². The summed E-state index contributed by atoms with van der Waals surface area (Å²) in [6.07, 6.45) is 2.92. The van der Waals surface area contributed by atoms with Crippen LogP contribution in [0.5, 0.6) is 0 Å². The van der Waals surface area contributed by atoms with Crippen molar-refractivity contribution in [2.45, 2.75) is 44.4 Å². The van der Waals surface area contributed by atoms with Gasteiger partial charge in [0.15, 0.2) is 0 Å². The molecule has 1 unspecified atom stereocenters. The van der Waals surface area contributed by atoms with Gasteiger partial charge in [-0.3, -0.25) is 0 Å². The number of nitrogens with one attached hydrogen (secondary N) is 1. The monoisotopic (exact) mass is 572 g/mol. The van der Waals surface area contributed by atoms with Crippen LogP contribution in [0.1, 0.15) is 61.2 Å². The van der Waals surface area contributed by atoms with Gasteiger partial charge in [0, 0.05) is 6.20 Å². The molecular weight excluding hydrogens is 539 g/mol. The quantitative estimate of drug-likeness (QED) is 0.205. The van der Waals surface area contributed by atoms with Crippen molar-refractivity contribution in [2.75, 3.05) is 0 Å². The fourth-order valence-electron chi connectivity index (χ4n) is 5.46. The molecule has 7 heteroatoms. The first-order valence-electron chi connectivity index (χ1n) is 14.0. The van der Waals surface area contributed by atoms with Gasteiger partial charge in [-0.25, -0.2) is 14.2 Å². The minimum absolute atomic E-state index is 0.0925. The Labute approximate surface area is 251 Å². The van der Waals surface area contributed by atoms with Gasteiger partial charge < -0.3 is 14.6 Å². The highest BCUT2D eigenvalue weighted by Gasteiger charge is 2.41. The predicted molar refractivity (Wildman–Crippen MR) is 164 cm³/mol. The molecular formula is C36H33FN4O2. The van der Waals surface area contributed by atoms with Crippen molar-refractivity contribution >= 4 is 6.09 Å². The molecule has 1 N–H and O–H groups in total. The largest absolute Gasteiger partial charge is 0.444 e. The molecule has 5 aromatic rings. The van der Waals surface area contributed by atoms with Crippen LogP contribution in [-0.2, 0) is 15.8 Å². The van der Waals surface area contributed by atoms with E-state index in [0.29, 0.717) is 11.3 Å². The highest BCUT2D eigenvalue weighted by Crippen LogP contribution is 2.42. The lowest BCUT2D eigenvalue weighted by Crippen LogP contribution is -2.47. The van der Waals surface area contributed by atoms with E-state index in [-0.39, 0.29) is 5.56 Å². The fourth-order valence-corrected chi connectivity index (χ4v) is 5.46. The molecule has 0 saturated carbocycles. The molecule has 1 amide bonds. The summed E-state index contributed by atoms with van der Waals surface area (Å²) < 4.78 is 22.6. The van der Waals surface area contributed by atoms with Gasteiger partial charge in [0.25, 0.3) is 0 Å². The second kappa shape index (κ2) is 11.6. The molecule has 0 bridgehead atoms. The second-order valence-electron chi connectivity index (χ2n) is 11.5. The first-order chi connectivity index (χ1) is 20.6. The van der Waals surface area contributed by atoms with Gasteiger partial charge >= 0.3 is 6.09 Å². The van der Waals surface area contributed by atoms with E-state index in [9.17, 15) is 14.4 Å². The molecule has 1 aromatic heterocycles. The van der Waals surface area contributed by atoms with E-state index in [2.05, 4.69) is 41.7 Å². The third-order valence-corrected chi connectivity index (χ3v) is 7.47. The number of amides is 1. The number of rotatable bonds is 7. The first-order valence-corrected chi connectivity index (χ1v) is 14.0. The van der Waals surface area contributed by atoms with Crippen molar-refractivity contribution in [3.05, 3.63) is 161 Å². The molecule has 0 aliphatic rings. The minimum atomic E-state index is -1.32. The van der Waals surface area contributed by atoms with Crippen LogP contribution in [0.25, 0.3) is 0 Å². The van der Waals surface area contributed by atoms with E-state index < -0.39 is 28.6 Å². The Balaban J connectivity index is 1.75. The number of carbonyl (C=O) groups excluding carboxylic acids is 1. The smallest absolute Gasteiger partial charge is 0.408 e. The topological polar surface area (TPSA) is 79.9 Å². The Bertz CT molecular complexity index is 1660. The van der Waals surface area contributed by atoms with Crippen molar-refractivity contribution in [3.8, 4) is 6.07 Å². The number of hydrogen-bond donors (Lipinski definition) is 1. The van der Waals surface area contributed by atoms with E-state index in [0.717, 1.165) is 16.7 Å². The summed E-state index contributed by atoms with van der Waals surface area (Å²) in [7, 11) is 0. The Kier molecular flexibility index (Phi) is 7.88. The van der Waals surface area contributed by atoms with Crippen molar-refractivity contribution in [1.29, 1.82) is 5.26 Å². The molecule has 0 aliphatic heterocycles. The highest BCUT2D eigenvalue weighted by molar-refractivity contribution is 5.70. The maximum atomic E-state index is 15.0. The van der Waals surface area contributed by atoms with Gasteiger partial charge in [-0.1, -0.05) is 97.1 Å². The minimum Gasteiger partial charge on any atom is -0.444 e. The standard InChI is InChI=1S/C36H33FN4O2/c1-34(2,3)43-33(42)40-35(4,30-21-20-26(23-38)31(37)22-30)32-24-41(25-39-32)36(27-14-8-5-9-15-27,28-16-10-6-11-17-28)29-18-12-7-13-19-29/h5-22,24-25H,1-4H3,(H,40,42). The summed E-state index contributed by atoms with van der Waals surface area (Å²) in [6, 6.07) is 36.5. The van der Waals surface area contributed by atoms with Gasteiger partial charge in [-0.05, 0) is 62.1 Å². The SMILES string of the molecule is CC(C)(C)OC(=O)NC(C)(c1ccc(C#N)c(F)c1)c1cn(C(c2ccccc2)(c2ccccc2)c2ccccc2)cn1. The Morgan fingerprint density at radius 3 is 1.77 bits per heavy atom. The molecule has 0 saturated heterocycles. The number of carbonyl (C=O) groups is 1. The molecule has 1 heterocycles. The Morgan fingerprint density at radius 1 is 0.814 bits per heavy atom. The van der Waals surface area contributed by atoms with Crippen molar-refractivity contribution in [3.63, 3.8) is 0 Å². The van der Waals surface area contributed by atoms with Crippen molar-refractivity contribution < 1.29 is 13.9 Å². The molecule has 216 valence electrons. The maximum absolute atomic E-state index is 15.0. The summed E-state index contributed by atoms with van der Waals surface area (Å²) in [4.78, 5) is 18.0. The summed E-state index contributed by atoms with van der Waals surface area (Å²) in [5.41, 5.74) is 0.858. The number of aromatic nitrogens is 2. The maximum Gasteiger partial charge on any atom is 0.408 e. The van der Waals surface area contributed by atoms with Gasteiger partial charge in [0.1, 0.15) is 28.6 Å². The molecule has 5 rings (SSSR count). The predicted octanol–water partition coefficient (Wildman–Crippen LogP) is 7.52. The van der Waals surface area contributed by atoms with Crippen LogP contribution in [0.2, 0.25) is 0 Å². The molecule has 0 radical (unpaired) electrons. The molecule has 43 heavy (non-hydrogen) atoms. The highest BCUT2D eigenvalue weighted by atomic mass is 19.1. The number of nitrogens with zero attached hydrogens (tertiary/aromatic N) is 3. The number of benzene rings is 4. The summed E-state index contributed by atoms with van der Waals surface area (Å²) in [6.45, 7) is 7.06. The third-order valence-electron chi connectivity index (χ3n) is 7.47. The summed E-state index contributed by atoms with van der Waals surface area (Å²) in [5.74, 6) is -0.691. The number of imidazole rings is 1. The molecule has 0 aliphatic carbocycles. The van der Waals surface area contributed by atoms with Crippen LogP contribution in [0.15, 0.2) is 122 Å². The number of halogens is 1. The average molecular weight is 573 g/mol. The number of alkyl carbamates (subject to hydrolysis) is 1. The van der Waals surface area contributed by atoms with Gasteiger partial charge in [0.2, 0.25) is 0 Å². The van der Waals surface area contributed by atoms with Crippen LogP contribution >= 0.6 is 0 Å². The molecule has 6 nitrogen and oxygen atoms in total. The van der Waals surface area contributed by atoms with E-state index in [1.165, 1.54) is 12.1 Å². The number of nitriles is 1. The first kappa shape index (κ1) is 29.3. The van der Waals surface area contributed by atoms with Crippen molar-refractivity contribution in [1.82, 2.24) is 14.9 Å². The Hall–Kier alpha value is -5.22. The van der Waals surface area contributed by atoms with Crippen molar-refractivity contribution in [2.24, 2.45) is 0 Å². The van der Waals surface area contributed by atoms with E-state index in [1.54, 1.807) is 40.1 Å². The lowest BCUT2D eigenvalue weighted by molar-refractivity contribution is 0.0477. The lowest BCUT2D eigenvalue weighted by Gasteiger charge is -2.37. The van der Waals surface area contributed by atoms with Crippen LogP contribution < -0.4 is 5.32 Å². The molecule has 1 atom stereocenters.